The summed E-state index contributed by atoms with van der Waals surface area (Å²) in [4.78, 5) is 0. The summed E-state index contributed by atoms with van der Waals surface area (Å²) in [5, 5.41) is 14.5. The Labute approximate surface area is 112 Å². The van der Waals surface area contributed by atoms with Crippen LogP contribution in [0.3, 0.4) is 0 Å². The molecule has 1 unspecified atom stereocenters. The molecule has 2 rings (SSSR count). The van der Waals surface area contributed by atoms with Gasteiger partial charge in [-0.15, -0.1) is 33.3 Å². The first-order valence-electron chi connectivity index (χ1n) is 6.30. The largest absolute Gasteiger partial charge is 0.314 e. The Kier molecular flexibility index (Phi) is 4.44. The average molecular weight is 271 g/mol. The molecule has 0 radical (unpaired) electrons. The average Bonchev–Trinajstić information content (AvgIpc) is 2.87. The van der Waals surface area contributed by atoms with E-state index in [-0.39, 0.29) is 4.75 Å². The molecule has 1 saturated heterocycles. The van der Waals surface area contributed by atoms with Crippen molar-refractivity contribution in [1.29, 1.82) is 0 Å². The highest BCUT2D eigenvalue weighted by molar-refractivity contribution is 8.00. The quantitative estimate of drug-likeness (QED) is 0.893. The summed E-state index contributed by atoms with van der Waals surface area (Å²) in [5.41, 5.74) is 0. The zero-order valence-electron chi connectivity index (χ0n) is 10.8. The monoisotopic (exact) mass is 271 g/mol. The lowest BCUT2D eigenvalue weighted by Gasteiger charge is -2.17. The number of thioether (sulfide) groups is 1. The summed E-state index contributed by atoms with van der Waals surface area (Å²) < 4.78 is 0.237. The fourth-order valence-corrected chi connectivity index (χ4v) is 4.39. The second kappa shape index (κ2) is 5.67. The molecule has 1 aromatic rings. The van der Waals surface area contributed by atoms with Crippen LogP contribution in [0.25, 0.3) is 0 Å². The molecule has 0 spiro atoms. The van der Waals surface area contributed by atoms with Crippen molar-refractivity contribution in [3.05, 3.63) is 10.0 Å². The van der Waals surface area contributed by atoms with Gasteiger partial charge in [0.05, 0.1) is 4.75 Å². The van der Waals surface area contributed by atoms with Crippen LogP contribution in [-0.4, -0.2) is 28.5 Å². The van der Waals surface area contributed by atoms with E-state index in [1.54, 1.807) is 11.3 Å². The zero-order valence-corrected chi connectivity index (χ0v) is 12.5. The second-order valence-corrected chi connectivity index (χ2v) is 7.70. The highest BCUT2D eigenvalue weighted by Crippen LogP contribution is 2.46. The first-order chi connectivity index (χ1) is 8.10. The predicted octanol–water partition coefficient (Wildman–Crippen LogP) is 2.82. The Morgan fingerprint density at radius 3 is 2.88 bits per heavy atom. The molecule has 1 N–H and O–H groups in total. The minimum absolute atomic E-state index is 0.237. The number of rotatable bonds is 5. The van der Waals surface area contributed by atoms with E-state index in [1.807, 2.05) is 11.8 Å². The Hall–Kier alpha value is -0.130. The second-order valence-electron chi connectivity index (χ2n) is 5.04. The lowest BCUT2D eigenvalue weighted by Crippen LogP contribution is -2.24. The Morgan fingerprint density at radius 1 is 1.41 bits per heavy atom. The smallest absolute Gasteiger partial charge is 0.133 e. The summed E-state index contributed by atoms with van der Waals surface area (Å²) in [6.45, 7) is 7.64. The van der Waals surface area contributed by atoms with E-state index in [0.717, 1.165) is 13.0 Å². The van der Waals surface area contributed by atoms with Gasteiger partial charge in [-0.05, 0) is 25.5 Å². The number of nitrogens with one attached hydrogen (secondary N) is 1. The number of hydrogen-bond donors (Lipinski definition) is 1. The minimum atomic E-state index is 0.237. The minimum Gasteiger partial charge on any atom is -0.314 e. The Bertz CT molecular complexity index is 356. The highest BCUT2D eigenvalue weighted by atomic mass is 32.2. The fraction of sp³-hybridized carbons (Fsp3) is 0.833. The molecule has 0 bridgehead atoms. The van der Waals surface area contributed by atoms with E-state index in [0.29, 0.717) is 6.04 Å². The van der Waals surface area contributed by atoms with Gasteiger partial charge in [-0.25, -0.2) is 0 Å². The highest BCUT2D eigenvalue weighted by Gasteiger charge is 2.34. The number of nitrogens with zero attached hydrogens (tertiary/aromatic N) is 2. The van der Waals surface area contributed by atoms with Crippen molar-refractivity contribution >= 4 is 23.1 Å². The van der Waals surface area contributed by atoms with Gasteiger partial charge in [0.1, 0.15) is 10.0 Å². The summed E-state index contributed by atoms with van der Waals surface area (Å²) >= 11 is 3.83. The third-order valence-corrected chi connectivity index (χ3v) is 5.93. The zero-order chi connectivity index (χ0) is 12.3. The van der Waals surface area contributed by atoms with Crippen LogP contribution in [0.1, 0.15) is 43.6 Å². The molecule has 17 heavy (non-hydrogen) atoms. The van der Waals surface area contributed by atoms with Crippen molar-refractivity contribution in [1.82, 2.24) is 15.5 Å². The van der Waals surface area contributed by atoms with Crippen LogP contribution >= 0.6 is 23.1 Å². The molecule has 0 amide bonds. The van der Waals surface area contributed by atoms with Crippen LogP contribution in [0.4, 0.5) is 0 Å². The molecule has 1 fully saturated rings. The van der Waals surface area contributed by atoms with Crippen LogP contribution in [0, 0.1) is 0 Å². The van der Waals surface area contributed by atoms with Gasteiger partial charge in [-0.3, -0.25) is 0 Å². The van der Waals surface area contributed by atoms with Gasteiger partial charge in [-0.1, -0.05) is 13.8 Å². The predicted molar refractivity (Wildman–Crippen MR) is 75.8 cm³/mol. The van der Waals surface area contributed by atoms with E-state index in [1.165, 1.54) is 28.6 Å². The molecule has 5 heteroatoms. The third-order valence-electron chi connectivity index (χ3n) is 3.03. The first-order valence-corrected chi connectivity index (χ1v) is 8.10. The summed E-state index contributed by atoms with van der Waals surface area (Å²) in [7, 11) is 0. The summed E-state index contributed by atoms with van der Waals surface area (Å²) in [6, 6.07) is 0.547. The molecule has 0 aliphatic carbocycles. The molecule has 2 heterocycles. The van der Waals surface area contributed by atoms with Gasteiger partial charge in [0.2, 0.25) is 0 Å². The van der Waals surface area contributed by atoms with E-state index in [2.05, 4.69) is 36.3 Å². The molecule has 96 valence electrons. The maximum Gasteiger partial charge on any atom is 0.133 e. The topological polar surface area (TPSA) is 37.8 Å². The molecular formula is C12H21N3S2. The SMILES string of the molecule is CC(C)NCCc1nnc(C2(C)CCCS2)s1. The van der Waals surface area contributed by atoms with Crippen LogP contribution in [-0.2, 0) is 11.2 Å². The maximum absolute atomic E-state index is 4.39. The van der Waals surface area contributed by atoms with Crippen LogP contribution < -0.4 is 5.32 Å². The standard InChI is InChI=1S/C12H21N3S2/c1-9(2)13-7-5-10-14-15-11(17-10)12(3)6-4-8-16-12/h9,13H,4-8H2,1-3H3. The van der Waals surface area contributed by atoms with E-state index in [4.69, 9.17) is 0 Å². The molecule has 1 aliphatic rings. The lowest BCUT2D eigenvalue weighted by atomic mass is 10.1. The van der Waals surface area contributed by atoms with Crippen molar-refractivity contribution in [3.8, 4) is 0 Å². The molecule has 0 saturated carbocycles. The van der Waals surface area contributed by atoms with Gasteiger partial charge in [0.15, 0.2) is 0 Å². The van der Waals surface area contributed by atoms with Crippen molar-refractivity contribution in [2.75, 3.05) is 12.3 Å². The third kappa shape index (κ3) is 3.42. The van der Waals surface area contributed by atoms with E-state index < -0.39 is 0 Å². The fourth-order valence-electron chi connectivity index (χ4n) is 1.98. The van der Waals surface area contributed by atoms with Crippen LogP contribution in [0.2, 0.25) is 0 Å². The molecule has 1 aliphatic heterocycles. The molecular weight excluding hydrogens is 250 g/mol. The van der Waals surface area contributed by atoms with Gasteiger partial charge in [0.25, 0.3) is 0 Å². The van der Waals surface area contributed by atoms with Gasteiger partial charge in [-0.2, -0.15) is 0 Å². The lowest BCUT2D eigenvalue weighted by molar-refractivity contribution is 0.588. The molecule has 1 aromatic heterocycles. The van der Waals surface area contributed by atoms with Gasteiger partial charge >= 0.3 is 0 Å². The van der Waals surface area contributed by atoms with Crippen LogP contribution in [0.15, 0.2) is 0 Å². The van der Waals surface area contributed by atoms with Crippen molar-refractivity contribution in [2.45, 2.75) is 50.8 Å². The summed E-state index contributed by atoms with van der Waals surface area (Å²) in [6.07, 6.45) is 3.55. The van der Waals surface area contributed by atoms with E-state index >= 15 is 0 Å². The maximum atomic E-state index is 4.39. The Morgan fingerprint density at radius 2 is 2.24 bits per heavy atom. The Balaban J connectivity index is 1.91. The normalized spacial score (nSPS) is 24.7. The molecule has 0 aromatic carbocycles. The van der Waals surface area contributed by atoms with E-state index in [9.17, 15) is 0 Å². The number of aromatic nitrogens is 2. The summed E-state index contributed by atoms with van der Waals surface area (Å²) in [5.74, 6) is 1.26. The number of hydrogen-bond acceptors (Lipinski definition) is 5. The molecule has 1 atom stereocenters. The van der Waals surface area contributed by atoms with Crippen molar-refractivity contribution < 1.29 is 0 Å². The van der Waals surface area contributed by atoms with Crippen LogP contribution in [0.5, 0.6) is 0 Å². The van der Waals surface area contributed by atoms with Crippen molar-refractivity contribution in [2.24, 2.45) is 0 Å². The van der Waals surface area contributed by atoms with Gasteiger partial charge in [0, 0.05) is 19.0 Å². The molecule has 3 nitrogen and oxygen atoms in total. The van der Waals surface area contributed by atoms with Crippen molar-refractivity contribution in [3.63, 3.8) is 0 Å². The van der Waals surface area contributed by atoms with Gasteiger partial charge < -0.3 is 5.32 Å². The first kappa shape index (κ1) is 13.3.